The van der Waals surface area contributed by atoms with Crippen molar-refractivity contribution in [2.24, 2.45) is 0 Å². The van der Waals surface area contributed by atoms with Crippen molar-refractivity contribution in [3.8, 4) is 29.6 Å². The summed E-state index contributed by atoms with van der Waals surface area (Å²) in [4.78, 5) is 34.6. The van der Waals surface area contributed by atoms with Gasteiger partial charge in [0.1, 0.15) is 29.0 Å². The van der Waals surface area contributed by atoms with E-state index in [-0.39, 0.29) is 40.8 Å². The Morgan fingerprint density at radius 2 is 1.93 bits per heavy atom. The number of amides is 1. The summed E-state index contributed by atoms with van der Waals surface area (Å²) in [7, 11) is 5.00. The molecule has 4 unspecified atom stereocenters. The van der Waals surface area contributed by atoms with Gasteiger partial charge in [-0.15, -0.1) is 6.42 Å². The third kappa shape index (κ3) is 7.60. The number of likely N-dealkylation sites (tertiary alicyclic amines) is 2. The molecule has 8 rings (SSSR count). The fourth-order valence-electron chi connectivity index (χ4n) is 8.28. The number of halogens is 3. The average Bonchev–Trinajstić information content (AvgIpc) is 4.00. The van der Waals surface area contributed by atoms with E-state index in [0.717, 1.165) is 32.5 Å². The minimum absolute atomic E-state index is 0.0100. The SMILES string of the molecule is C#Cc1c(F)ccc2cccc(-c3ncc4c(N(C)C5CCN(C(=O)/C=C/CN6CCC(OC)C6)C5)nc(OC)nc4c3F)c12.FC1CC2CCCN2C1. The molecule has 0 aliphatic carbocycles. The number of hydrogen-bond donors (Lipinski definition) is 0. The van der Waals surface area contributed by atoms with Crippen LogP contribution in [0.3, 0.4) is 0 Å². The molecule has 4 saturated heterocycles. The number of ether oxygens (including phenoxy) is 2. The summed E-state index contributed by atoms with van der Waals surface area (Å²) < 4.78 is 54.4. The predicted molar refractivity (Wildman–Crippen MR) is 203 cm³/mol. The number of aromatic nitrogens is 3. The Bertz CT molecular complexity index is 2080. The fourth-order valence-corrected chi connectivity index (χ4v) is 8.28. The number of terminal acetylenes is 1. The predicted octanol–water partition coefficient (Wildman–Crippen LogP) is 5.62. The number of anilines is 1. The maximum absolute atomic E-state index is 16.4. The maximum atomic E-state index is 16.4. The lowest BCUT2D eigenvalue weighted by Gasteiger charge is -2.27. The topological polar surface area (TPSA) is 87.2 Å². The summed E-state index contributed by atoms with van der Waals surface area (Å²) in [6, 6.07) is 8.60. The molecule has 4 aromatic rings. The summed E-state index contributed by atoms with van der Waals surface area (Å²) in [6.45, 7) is 5.44. The van der Waals surface area contributed by atoms with E-state index in [0.29, 0.717) is 66.2 Å². The van der Waals surface area contributed by atoms with Crippen molar-refractivity contribution in [3.63, 3.8) is 0 Å². The molecule has 4 atom stereocenters. The molecule has 13 heteroatoms. The fraction of sp³-hybridized carbons (Fsp3) is 0.463. The van der Waals surface area contributed by atoms with E-state index in [1.165, 1.54) is 32.2 Å². The van der Waals surface area contributed by atoms with Gasteiger partial charge in [-0.05, 0) is 50.1 Å². The number of fused-ring (bicyclic) bond motifs is 3. The first kappa shape index (κ1) is 37.5. The van der Waals surface area contributed by atoms with Gasteiger partial charge in [-0.25, -0.2) is 13.2 Å². The van der Waals surface area contributed by atoms with E-state index in [2.05, 4.69) is 30.7 Å². The minimum Gasteiger partial charge on any atom is -0.467 e. The molecular formula is C41H46F3N7O3. The number of alkyl halides is 1. The van der Waals surface area contributed by atoms with Crippen LogP contribution in [0.2, 0.25) is 0 Å². The van der Waals surface area contributed by atoms with Gasteiger partial charge in [-0.3, -0.25) is 19.6 Å². The summed E-state index contributed by atoms with van der Waals surface area (Å²) in [5.41, 5.74) is 0.389. The molecule has 6 heterocycles. The van der Waals surface area contributed by atoms with Gasteiger partial charge in [-0.1, -0.05) is 36.3 Å². The number of likely N-dealkylation sites (N-methyl/N-ethyl adjacent to an activating group) is 1. The maximum Gasteiger partial charge on any atom is 0.318 e. The standard InChI is InChI=1S/C34H34F2N6O3.C7H12FN/c1-5-24-27(35)12-11-21-8-6-9-25(29(21)24)31-30(36)32-26(18-37-31)33(39-34(38-32)45-4)40(2)22-13-17-42(19-22)28(43)10-7-15-41-16-14-23(20-41)44-3;8-6-4-7-2-1-3-9(7)5-6/h1,6-12,18,22-23H,13-17,19-20H2,2-4H3;6-7H,1-5H2/b10-7+;. The number of nitrogens with zero attached hydrogens (tertiary/aromatic N) is 7. The van der Waals surface area contributed by atoms with Crippen LogP contribution in [-0.4, -0.2) is 127 Å². The van der Waals surface area contributed by atoms with Crippen molar-refractivity contribution in [2.75, 3.05) is 72.0 Å². The Labute approximate surface area is 313 Å². The molecule has 54 heavy (non-hydrogen) atoms. The average molecular weight is 742 g/mol. The lowest BCUT2D eigenvalue weighted by Crippen LogP contribution is -2.36. The normalized spacial score (nSPS) is 22.9. The molecule has 0 spiro atoms. The van der Waals surface area contributed by atoms with Crippen molar-refractivity contribution in [1.82, 2.24) is 29.7 Å². The number of rotatable bonds is 8. The number of pyridine rings is 1. The molecular weight excluding hydrogens is 695 g/mol. The van der Waals surface area contributed by atoms with Crippen LogP contribution in [0.4, 0.5) is 19.0 Å². The van der Waals surface area contributed by atoms with Crippen LogP contribution < -0.4 is 9.64 Å². The molecule has 4 fully saturated rings. The largest absolute Gasteiger partial charge is 0.467 e. The first-order valence-corrected chi connectivity index (χ1v) is 18.6. The second-order valence-electron chi connectivity index (χ2n) is 14.5. The number of carbonyl (C=O) groups is 1. The molecule has 2 aromatic carbocycles. The molecule has 0 bridgehead atoms. The van der Waals surface area contributed by atoms with Crippen molar-refractivity contribution >= 4 is 33.4 Å². The Hall–Kier alpha value is -4.77. The van der Waals surface area contributed by atoms with Crippen LogP contribution in [0, 0.1) is 24.0 Å². The van der Waals surface area contributed by atoms with Crippen LogP contribution in [0.1, 0.15) is 37.7 Å². The Morgan fingerprint density at radius 3 is 2.69 bits per heavy atom. The van der Waals surface area contributed by atoms with Crippen LogP contribution in [0.25, 0.3) is 32.9 Å². The Balaban J connectivity index is 0.000000433. The molecule has 284 valence electrons. The van der Waals surface area contributed by atoms with E-state index in [4.69, 9.17) is 15.9 Å². The van der Waals surface area contributed by atoms with Crippen molar-refractivity contribution in [2.45, 2.75) is 56.5 Å². The van der Waals surface area contributed by atoms with Gasteiger partial charge in [0.15, 0.2) is 5.82 Å². The number of benzene rings is 2. The van der Waals surface area contributed by atoms with Gasteiger partial charge >= 0.3 is 6.01 Å². The molecule has 1 amide bonds. The van der Waals surface area contributed by atoms with Gasteiger partial charge in [0.05, 0.1) is 24.2 Å². The zero-order chi connectivity index (χ0) is 37.9. The highest BCUT2D eigenvalue weighted by Crippen LogP contribution is 2.37. The van der Waals surface area contributed by atoms with E-state index in [1.807, 2.05) is 18.0 Å². The second kappa shape index (κ2) is 16.3. The van der Waals surface area contributed by atoms with Crippen LogP contribution in [0.5, 0.6) is 6.01 Å². The summed E-state index contributed by atoms with van der Waals surface area (Å²) in [6.07, 6.45) is 15.5. The number of hydrogen-bond acceptors (Lipinski definition) is 9. The molecule has 2 aromatic heterocycles. The third-order valence-electron chi connectivity index (χ3n) is 11.2. The summed E-state index contributed by atoms with van der Waals surface area (Å²) in [5.74, 6) is 1.51. The molecule has 0 radical (unpaired) electrons. The summed E-state index contributed by atoms with van der Waals surface area (Å²) in [5, 5.41) is 1.44. The molecule has 4 aliphatic heterocycles. The van der Waals surface area contributed by atoms with Crippen molar-refractivity contribution in [1.29, 1.82) is 0 Å². The molecule has 0 N–H and O–H groups in total. The van der Waals surface area contributed by atoms with E-state index in [1.54, 1.807) is 42.4 Å². The van der Waals surface area contributed by atoms with E-state index >= 15 is 4.39 Å². The van der Waals surface area contributed by atoms with Gasteiger partial charge in [-0.2, -0.15) is 9.97 Å². The van der Waals surface area contributed by atoms with Crippen LogP contribution in [0.15, 0.2) is 48.7 Å². The van der Waals surface area contributed by atoms with E-state index in [9.17, 15) is 13.6 Å². The highest BCUT2D eigenvalue weighted by molar-refractivity contribution is 6.02. The lowest BCUT2D eigenvalue weighted by molar-refractivity contribution is -0.125. The van der Waals surface area contributed by atoms with Crippen molar-refractivity contribution in [3.05, 3.63) is 65.9 Å². The quantitative estimate of drug-likeness (QED) is 0.169. The third-order valence-corrected chi connectivity index (χ3v) is 11.2. The first-order valence-electron chi connectivity index (χ1n) is 18.6. The van der Waals surface area contributed by atoms with Crippen LogP contribution >= 0.6 is 0 Å². The number of carbonyl (C=O) groups excluding carboxylic acids is 1. The van der Waals surface area contributed by atoms with Gasteiger partial charge in [0, 0.05) is 88.7 Å². The Kier molecular flexibility index (Phi) is 11.3. The summed E-state index contributed by atoms with van der Waals surface area (Å²) >= 11 is 0. The number of methoxy groups -OCH3 is 2. The first-order chi connectivity index (χ1) is 26.2. The highest BCUT2D eigenvalue weighted by Gasteiger charge is 2.35. The van der Waals surface area contributed by atoms with Gasteiger partial charge in [0.25, 0.3) is 0 Å². The molecule has 10 nitrogen and oxygen atoms in total. The van der Waals surface area contributed by atoms with Crippen molar-refractivity contribution < 1.29 is 27.4 Å². The highest BCUT2D eigenvalue weighted by atomic mass is 19.1. The van der Waals surface area contributed by atoms with Gasteiger partial charge in [0.2, 0.25) is 5.91 Å². The van der Waals surface area contributed by atoms with Gasteiger partial charge < -0.3 is 19.3 Å². The zero-order valence-corrected chi connectivity index (χ0v) is 31.0. The molecule has 4 aliphatic rings. The zero-order valence-electron chi connectivity index (χ0n) is 31.0. The van der Waals surface area contributed by atoms with E-state index < -0.39 is 17.8 Å². The lowest BCUT2D eigenvalue weighted by atomic mass is 9.96. The van der Waals surface area contributed by atoms with Crippen LogP contribution in [-0.2, 0) is 9.53 Å². The Morgan fingerprint density at radius 1 is 1.07 bits per heavy atom. The monoisotopic (exact) mass is 741 g/mol. The second-order valence-corrected chi connectivity index (χ2v) is 14.5. The molecule has 0 saturated carbocycles. The smallest absolute Gasteiger partial charge is 0.318 e. The minimum atomic E-state index is -0.703.